The molecule has 0 atom stereocenters. The first-order chi connectivity index (χ1) is 22.3. The molecule has 0 spiro atoms. The van der Waals surface area contributed by atoms with Crippen LogP contribution in [0.15, 0.2) is 158 Å². The van der Waals surface area contributed by atoms with E-state index in [0.717, 1.165) is 55.4 Å². The summed E-state index contributed by atoms with van der Waals surface area (Å²) >= 11 is 0. The second kappa shape index (κ2) is 11.3. The van der Waals surface area contributed by atoms with Crippen LogP contribution in [0, 0.1) is 12.1 Å². The van der Waals surface area contributed by atoms with E-state index < -0.39 is 5.41 Å². The molecular weight excluding hydrogens is 740 g/mol. The summed E-state index contributed by atoms with van der Waals surface area (Å²) in [6.45, 7) is 0. The molecule has 0 saturated carbocycles. The van der Waals surface area contributed by atoms with Gasteiger partial charge in [0.25, 0.3) is 0 Å². The van der Waals surface area contributed by atoms with E-state index in [9.17, 15) is 0 Å². The van der Waals surface area contributed by atoms with Crippen LogP contribution in [0.5, 0.6) is 0 Å². The number of hydrogen-bond donors (Lipinski definition) is 0. The summed E-state index contributed by atoms with van der Waals surface area (Å²) in [6, 6.07) is 62.2. The van der Waals surface area contributed by atoms with E-state index in [4.69, 9.17) is 9.97 Å². The summed E-state index contributed by atoms with van der Waals surface area (Å²) in [6.07, 6.45) is 0. The van der Waals surface area contributed by atoms with Gasteiger partial charge in [0.1, 0.15) is 5.41 Å². The van der Waals surface area contributed by atoms with E-state index in [1.165, 1.54) is 22.3 Å². The minimum Gasteiger partial charge on any atom is -0.299 e. The number of benzene rings is 6. The number of nitrogens with zero attached hydrogens (tertiary/aromatic N) is 2. The molecular formula is C43H26N2Pt. The Balaban J connectivity index is 0.00000312. The van der Waals surface area contributed by atoms with Crippen molar-refractivity contribution in [1.29, 1.82) is 0 Å². The van der Waals surface area contributed by atoms with Crippen molar-refractivity contribution in [2.45, 2.75) is 5.41 Å². The number of hydrogen-bond acceptors (Lipinski definition) is 2. The molecule has 1 aliphatic carbocycles. The molecule has 46 heavy (non-hydrogen) atoms. The molecule has 1 aliphatic rings. The zero-order valence-electron chi connectivity index (χ0n) is 24.7. The summed E-state index contributed by atoms with van der Waals surface area (Å²) in [4.78, 5) is 11.2. The third-order valence-corrected chi connectivity index (χ3v) is 9.13. The molecule has 0 radical (unpaired) electrons. The van der Waals surface area contributed by atoms with Gasteiger partial charge >= 0.3 is 21.1 Å². The first-order valence-electron chi connectivity index (χ1n) is 15.3. The maximum Gasteiger partial charge on any atom is 2.00 e. The average Bonchev–Trinajstić information content (AvgIpc) is 3.42. The van der Waals surface area contributed by atoms with Crippen LogP contribution in [0.4, 0.5) is 0 Å². The molecule has 0 bridgehead atoms. The summed E-state index contributed by atoms with van der Waals surface area (Å²) in [7, 11) is 0. The minimum atomic E-state index is -0.770. The van der Waals surface area contributed by atoms with Gasteiger partial charge in [-0.25, -0.2) is 0 Å². The van der Waals surface area contributed by atoms with E-state index in [2.05, 4.69) is 146 Å². The van der Waals surface area contributed by atoms with Crippen LogP contribution >= 0.6 is 0 Å². The van der Waals surface area contributed by atoms with Gasteiger partial charge in [-0.15, -0.1) is 71.8 Å². The van der Waals surface area contributed by atoms with Crippen molar-refractivity contribution < 1.29 is 21.1 Å². The van der Waals surface area contributed by atoms with Gasteiger partial charge < -0.3 is 0 Å². The van der Waals surface area contributed by atoms with Crippen molar-refractivity contribution in [3.63, 3.8) is 0 Å². The van der Waals surface area contributed by atoms with Gasteiger partial charge in [-0.2, -0.15) is 0 Å². The number of aromatic nitrogens is 2. The molecule has 2 heterocycles. The van der Waals surface area contributed by atoms with Gasteiger partial charge in [-0.05, 0) is 67.3 Å². The molecule has 2 nitrogen and oxygen atoms in total. The van der Waals surface area contributed by atoms with Crippen molar-refractivity contribution in [1.82, 2.24) is 9.97 Å². The van der Waals surface area contributed by atoms with E-state index in [0.29, 0.717) is 0 Å². The number of rotatable bonds is 4. The third-order valence-electron chi connectivity index (χ3n) is 9.13. The van der Waals surface area contributed by atoms with Gasteiger partial charge in [-0.1, -0.05) is 97.1 Å². The van der Waals surface area contributed by atoms with Crippen molar-refractivity contribution in [2.75, 3.05) is 0 Å². The minimum absolute atomic E-state index is 0. The van der Waals surface area contributed by atoms with E-state index in [1.54, 1.807) is 0 Å². The summed E-state index contributed by atoms with van der Waals surface area (Å²) in [5.41, 5.74) is 9.67. The van der Waals surface area contributed by atoms with Crippen LogP contribution in [0.25, 0.3) is 55.2 Å². The fraction of sp³-hybridized carbons (Fsp3) is 0.0233. The van der Waals surface area contributed by atoms with Gasteiger partial charge in [0.2, 0.25) is 0 Å². The average molecular weight is 766 g/mol. The molecule has 0 amide bonds. The van der Waals surface area contributed by atoms with Crippen molar-refractivity contribution in [3.05, 3.63) is 192 Å². The van der Waals surface area contributed by atoms with Gasteiger partial charge in [0, 0.05) is 0 Å². The van der Waals surface area contributed by atoms with Crippen molar-refractivity contribution in [2.24, 2.45) is 0 Å². The Morgan fingerprint density at radius 1 is 0.435 bits per heavy atom. The molecule has 8 aromatic rings. The molecule has 0 saturated heterocycles. The summed E-state index contributed by atoms with van der Waals surface area (Å²) < 4.78 is 0. The molecule has 3 heteroatoms. The van der Waals surface area contributed by atoms with Crippen LogP contribution < -0.4 is 0 Å². The van der Waals surface area contributed by atoms with Crippen LogP contribution in [0.2, 0.25) is 0 Å². The Bertz CT molecular complexity index is 2210. The molecule has 218 valence electrons. The zero-order chi connectivity index (χ0) is 29.8. The molecule has 0 N–H and O–H groups in total. The van der Waals surface area contributed by atoms with E-state index in [-0.39, 0.29) is 21.1 Å². The Hall–Kier alpha value is -5.17. The number of pyridine rings is 2. The van der Waals surface area contributed by atoms with Gasteiger partial charge in [0.05, 0.1) is 11.4 Å². The van der Waals surface area contributed by atoms with Gasteiger partial charge in [-0.3, -0.25) is 9.97 Å². The third kappa shape index (κ3) is 4.21. The van der Waals surface area contributed by atoms with Crippen LogP contribution in [-0.2, 0) is 26.5 Å². The maximum absolute atomic E-state index is 5.60. The van der Waals surface area contributed by atoms with E-state index >= 15 is 0 Å². The number of fused-ring (bicyclic) bond motifs is 5. The summed E-state index contributed by atoms with van der Waals surface area (Å²) in [5.74, 6) is 0. The van der Waals surface area contributed by atoms with Gasteiger partial charge in [0.15, 0.2) is 0 Å². The van der Waals surface area contributed by atoms with Crippen LogP contribution in [0.3, 0.4) is 0 Å². The summed E-state index contributed by atoms with van der Waals surface area (Å²) in [5, 5.41) is 4.47. The Morgan fingerprint density at radius 3 is 1.30 bits per heavy atom. The molecule has 2 aromatic heterocycles. The molecule has 0 aliphatic heterocycles. The molecule has 9 rings (SSSR count). The fourth-order valence-electron chi connectivity index (χ4n) is 7.19. The monoisotopic (exact) mass is 765 g/mol. The van der Waals surface area contributed by atoms with E-state index in [1.807, 2.05) is 24.3 Å². The second-order valence-electron chi connectivity index (χ2n) is 11.5. The normalized spacial score (nSPS) is 12.8. The Morgan fingerprint density at radius 2 is 0.848 bits per heavy atom. The molecule has 0 unspecified atom stereocenters. The smallest absolute Gasteiger partial charge is 0.299 e. The van der Waals surface area contributed by atoms with Crippen LogP contribution in [0.1, 0.15) is 22.5 Å². The molecule has 0 fully saturated rings. The zero-order valence-corrected chi connectivity index (χ0v) is 27.0. The van der Waals surface area contributed by atoms with Crippen LogP contribution in [-0.4, -0.2) is 9.97 Å². The first-order valence-corrected chi connectivity index (χ1v) is 15.3. The maximum atomic E-state index is 5.60. The largest absolute Gasteiger partial charge is 2.00 e. The van der Waals surface area contributed by atoms with Crippen molar-refractivity contribution >= 4 is 21.5 Å². The molecule has 6 aromatic carbocycles. The fourth-order valence-corrected chi connectivity index (χ4v) is 7.19. The second-order valence-corrected chi connectivity index (χ2v) is 11.5. The predicted molar refractivity (Wildman–Crippen MR) is 183 cm³/mol. The standard InChI is InChI=1S/C43H26N2.Pt/c1-3-15-29(16-4-1)41-33-21-9-7-19-31(33)27-39(44-41)43(37-25-13-11-23-35(37)36-24-12-14-26-38(36)43)40-28-32-20-8-10-22-34(32)42(45-40)30-17-5-2-6-18-30;/h1-15,17,19-28H;/q-2;+2. The first kappa shape index (κ1) is 28.3. The SMILES string of the molecule is [Pt+2].[c-]1ccccc1-c1nc(C2(c3cc4ccccc4c(-c4[c-]cccc4)n3)c3ccccc3-c3ccccc32)cc2ccccc12. The Labute approximate surface area is 282 Å². The van der Waals surface area contributed by atoms with Crippen molar-refractivity contribution in [3.8, 4) is 33.6 Å². The topological polar surface area (TPSA) is 25.8 Å². The predicted octanol–water partition coefficient (Wildman–Crippen LogP) is 10.1. The Kier molecular flexibility index (Phi) is 6.97. The quantitative estimate of drug-likeness (QED) is 0.167.